The minimum atomic E-state index is -0.240. The van der Waals surface area contributed by atoms with Crippen LogP contribution in [0.15, 0.2) is 18.2 Å². The Balaban J connectivity index is 0.00000144. The van der Waals surface area contributed by atoms with Gasteiger partial charge in [-0.3, -0.25) is 0 Å². The Morgan fingerprint density at radius 3 is 2.46 bits per heavy atom. The van der Waals surface area contributed by atoms with Crippen LogP contribution in [0.2, 0.25) is 10.0 Å². The number of hydrogen-bond donors (Lipinski definition) is 2. The summed E-state index contributed by atoms with van der Waals surface area (Å²) in [5, 5.41) is 1.01. The summed E-state index contributed by atoms with van der Waals surface area (Å²) in [6.45, 7) is 0.361. The van der Waals surface area contributed by atoms with Gasteiger partial charge in [0.2, 0.25) is 0 Å². The molecular weight excluding hydrogens is 230 g/mol. The minimum absolute atomic E-state index is 0. The molecule has 2 nitrogen and oxygen atoms in total. The van der Waals surface area contributed by atoms with Gasteiger partial charge in [-0.05, 0) is 11.6 Å². The first kappa shape index (κ1) is 13.0. The van der Waals surface area contributed by atoms with Crippen LogP contribution in [0.3, 0.4) is 0 Å². The van der Waals surface area contributed by atoms with Gasteiger partial charge in [0.1, 0.15) is 0 Å². The lowest BCUT2D eigenvalue weighted by molar-refractivity contribution is 0.737. The predicted octanol–water partition coefficient (Wildman–Crippen LogP) is 2.37. The molecule has 74 valence electrons. The zero-order valence-electron chi connectivity index (χ0n) is 6.84. The van der Waals surface area contributed by atoms with Gasteiger partial charge in [0.25, 0.3) is 0 Å². The first-order valence-corrected chi connectivity index (χ1v) is 4.32. The standard InChI is InChI=1S/C8H10Cl2N2.ClH/c9-6-3-1-2-5(8(6)10)7(12)4-11;/h1-3,7H,4,11-12H2;1H/t7-;/m0./s1. The lowest BCUT2D eigenvalue weighted by atomic mass is 10.1. The van der Waals surface area contributed by atoms with Crippen molar-refractivity contribution in [2.45, 2.75) is 6.04 Å². The Labute approximate surface area is 93.6 Å². The maximum atomic E-state index is 5.90. The molecule has 1 atom stereocenters. The predicted molar refractivity (Wildman–Crippen MR) is 59.7 cm³/mol. The summed E-state index contributed by atoms with van der Waals surface area (Å²) in [7, 11) is 0. The molecule has 13 heavy (non-hydrogen) atoms. The normalized spacial score (nSPS) is 12.0. The Bertz CT molecular complexity index is 278. The topological polar surface area (TPSA) is 52.0 Å². The number of hydrogen-bond acceptors (Lipinski definition) is 2. The summed E-state index contributed by atoms with van der Waals surface area (Å²) >= 11 is 11.7. The van der Waals surface area contributed by atoms with E-state index in [1.54, 1.807) is 12.1 Å². The Hall–Kier alpha value is 0.01000. The fourth-order valence-electron chi connectivity index (χ4n) is 0.934. The molecule has 0 aliphatic carbocycles. The van der Waals surface area contributed by atoms with Gasteiger partial charge in [0.15, 0.2) is 0 Å². The van der Waals surface area contributed by atoms with Crippen LogP contribution in [0, 0.1) is 0 Å². The number of rotatable bonds is 2. The maximum absolute atomic E-state index is 5.90. The molecule has 0 amide bonds. The minimum Gasteiger partial charge on any atom is -0.329 e. The van der Waals surface area contributed by atoms with E-state index in [0.717, 1.165) is 5.56 Å². The van der Waals surface area contributed by atoms with Gasteiger partial charge in [-0.2, -0.15) is 0 Å². The summed E-state index contributed by atoms with van der Waals surface area (Å²) < 4.78 is 0. The fraction of sp³-hybridized carbons (Fsp3) is 0.250. The van der Waals surface area contributed by atoms with Crippen molar-refractivity contribution in [3.63, 3.8) is 0 Å². The van der Waals surface area contributed by atoms with Crippen molar-refractivity contribution in [1.82, 2.24) is 0 Å². The van der Waals surface area contributed by atoms with E-state index in [1.165, 1.54) is 0 Å². The van der Waals surface area contributed by atoms with E-state index in [1.807, 2.05) is 6.07 Å². The average Bonchev–Trinajstić information content (AvgIpc) is 2.08. The molecule has 4 N–H and O–H groups in total. The molecule has 0 aliphatic rings. The molecule has 1 aromatic rings. The molecule has 1 aromatic carbocycles. The van der Waals surface area contributed by atoms with E-state index in [4.69, 9.17) is 34.7 Å². The van der Waals surface area contributed by atoms with Crippen molar-refractivity contribution in [2.24, 2.45) is 11.5 Å². The summed E-state index contributed by atoms with van der Waals surface area (Å²) in [6, 6.07) is 5.11. The lowest BCUT2D eigenvalue weighted by Gasteiger charge is -2.11. The highest BCUT2D eigenvalue weighted by molar-refractivity contribution is 6.42. The molecule has 1 rings (SSSR count). The highest BCUT2D eigenvalue weighted by atomic mass is 35.5. The summed E-state index contributed by atoms with van der Waals surface area (Å²) in [6.07, 6.45) is 0. The highest BCUT2D eigenvalue weighted by Gasteiger charge is 2.09. The second kappa shape index (κ2) is 5.68. The molecule has 0 aliphatic heterocycles. The first-order valence-electron chi connectivity index (χ1n) is 3.56. The summed E-state index contributed by atoms with van der Waals surface area (Å²) in [5.74, 6) is 0. The highest BCUT2D eigenvalue weighted by Crippen LogP contribution is 2.28. The Morgan fingerprint density at radius 2 is 1.92 bits per heavy atom. The Morgan fingerprint density at radius 1 is 1.31 bits per heavy atom. The first-order chi connectivity index (χ1) is 5.66. The zero-order valence-corrected chi connectivity index (χ0v) is 9.16. The van der Waals surface area contributed by atoms with E-state index in [9.17, 15) is 0 Å². The summed E-state index contributed by atoms with van der Waals surface area (Å²) in [5.41, 5.74) is 11.9. The quantitative estimate of drug-likeness (QED) is 0.835. The van der Waals surface area contributed by atoms with Crippen LogP contribution in [0.5, 0.6) is 0 Å². The molecule has 0 radical (unpaired) electrons. The average molecular weight is 242 g/mol. The number of benzene rings is 1. The van der Waals surface area contributed by atoms with Crippen LogP contribution in [-0.2, 0) is 0 Å². The molecule has 0 aromatic heterocycles. The molecule has 0 fully saturated rings. The van der Waals surface area contributed by atoms with Crippen LogP contribution in [0.25, 0.3) is 0 Å². The molecule has 0 heterocycles. The van der Waals surface area contributed by atoms with E-state index in [0.29, 0.717) is 16.6 Å². The SMILES string of the molecule is Cl.NC[C@H](N)c1cccc(Cl)c1Cl. The zero-order chi connectivity index (χ0) is 9.14. The van der Waals surface area contributed by atoms with Gasteiger partial charge < -0.3 is 11.5 Å². The van der Waals surface area contributed by atoms with Crippen molar-refractivity contribution in [3.05, 3.63) is 33.8 Å². The third kappa shape index (κ3) is 3.01. The van der Waals surface area contributed by atoms with Gasteiger partial charge in [-0.15, -0.1) is 12.4 Å². The van der Waals surface area contributed by atoms with Crippen LogP contribution < -0.4 is 11.5 Å². The maximum Gasteiger partial charge on any atom is 0.0640 e. The largest absolute Gasteiger partial charge is 0.329 e. The van der Waals surface area contributed by atoms with Crippen LogP contribution in [0.4, 0.5) is 0 Å². The van der Waals surface area contributed by atoms with Crippen LogP contribution in [0.1, 0.15) is 11.6 Å². The van der Waals surface area contributed by atoms with Gasteiger partial charge in [-0.25, -0.2) is 0 Å². The number of halogens is 3. The molecule has 0 unspecified atom stereocenters. The van der Waals surface area contributed by atoms with E-state index in [2.05, 4.69) is 0 Å². The van der Waals surface area contributed by atoms with Gasteiger partial charge in [-0.1, -0.05) is 35.3 Å². The van der Waals surface area contributed by atoms with E-state index in [-0.39, 0.29) is 18.4 Å². The van der Waals surface area contributed by atoms with Crippen molar-refractivity contribution < 1.29 is 0 Å². The Kier molecular flexibility index (Phi) is 5.68. The van der Waals surface area contributed by atoms with Crippen molar-refractivity contribution >= 4 is 35.6 Å². The molecule has 0 spiro atoms. The smallest absolute Gasteiger partial charge is 0.0640 e. The summed E-state index contributed by atoms with van der Waals surface area (Å²) in [4.78, 5) is 0. The molecule has 0 saturated heterocycles. The molecule has 0 bridgehead atoms. The second-order valence-electron chi connectivity index (χ2n) is 2.49. The van der Waals surface area contributed by atoms with E-state index < -0.39 is 0 Å². The van der Waals surface area contributed by atoms with Crippen molar-refractivity contribution in [2.75, 3.05) is 6.54 Å². The van der Waals surface area contributed by atoms with Gasteiger partial charge in [0, 0.05) is 12.6 Å². The fourth-order valence-corrected chi connectivity index (χ4v) is 1.38. The molecular formula is C8H11Cl3N2. The van der Waals surface area contributed by atoms with Crippen molar-refractivity contribution in [1.29, 1.82) is 0 Å². The molecule has 0 saturated carbocycles. The van der Waals surface area contributed by atoms with Gasteiger partial charge >= 0.3 is 0 Å². The van der Waals surface area contributed by atoms with Crippen molar-refractivity contribution in [3.8, 4) is 0 Å². The number of nitrogens with two attached hydrogens (primary N) is 2. The monoisotopic (exact) mass is 240 g/mol. The van der Waals surface area contributed by atoms with Gasteiger partial charge in [0.05, 0.1) is 10.0 Å². The van der Waals surface area contributed by atoms with E-state index >= 15 is 0 Å². The molecule has 5 heteroatoms. The van der Waals surface area contributed by atoms with Crippen LogP contribution >= 0.6 is 35.6 Å². The third-order valence-electron chi connectivity index (χ3n) is 1.63. The second-order valence-corrected chi connectivity index (χ2v) is 3.27. The third-order valence-corrected chi connectivity index (χ3v) is 2.47. The van der Waals surface area contributed by atoms with Crippen LogP contribution in [-0.4, -0.2) is 6.54 Å². The lowest BCUT2D eigenvalue weighted by Crippen LogP contribution is -2.21.